The number of amides is 3. The maximum atomic E-state index is 13.8. The zero-order valence-corrected chi connectivity index (χ0v) is 20.4. The van der Waals surface area contributed by atoms with Gasteiger partial charge in [-0.25, -0.2) is 0 Å². The van der Waals surface area contributed by atoms with Crippen LogP contribution in [0.2, 0.25) is 5.02 Å². The molecule has 182 valence electrons. The lowest BCUT2D eigenvalue weighted by molar-refractivity contribution is -0.143. The minimum Gasteiger partial charge on any atom is -0.359 e. The zero-order chi connectivity index (χ0) is 24.0. The Morgan fingerprint density at radius 3 is 2.71 bits per heavy atom. The molecule has 0 aromatic heterocycles. The smallest absolute Gasteiger partial charge is 0.246 e. The van der Waals surface area contributed by atoms with Gasteiger partial charge in [0.2, 0.25) is 17.7 Å². The Morgan fingerprint density at radius 1 is 1.24 bits per heavy atom. The predicted octanol–water partition coefficient (Wildman–Crippen LogP) is 3.68. The first-order chi connectivity index (χ1) is 16.4. The van der Waals surface area contributed by atoms with Gasteiger partial charge in [-0.2, -0.15) is 0 Å². The number of nitrogens with zero attached hydrogens (tertiary/aromatic N) is 1. The van der Waals surface area contributed by atoms with Gasteiger partial charge in [0.05, 0.1) is 17.9 Å². The van der Waals surface area contributed by atoms with Crippen molar-refractivity contribution < 1.29 is 19.1 Å². The van der Waals surface area contributed by atoms with Crippen molar-refractivity contribution in [3.63, 3.8) is 0 Å². The fraction of sp³-hybridized carbons (Fsp3) is 0.577. The molecule has 4 unspecified atom stereocenters. The fourth-order valence-corrected chi connectivity index (χ4v) is 6.39. The number of nitrogens with one attached hydrogen (secondary N) is 2. The summed E-state index contributed by atoms with van der Waals surface area (Å²) in [6, 6.07) is 6.10. The number of ether oxygens (including phenoxy) is 1. The molecule has 5 rings (SSSR count). The van der Waals surface area contributed by atoms with Gasteiger partial charge in [-0.1, -0.05) is 56.0 Å². The summed E-state index contributed by atoms with van der Waals surface area (Å²) in [5, 5.41) is 6.62. The zero-order valence-electron chi connectivity index (χ0n) is 19.6. The van der Waals surface area contributed by atoms with Crippen molar-refractivity contribution >= 4 is 35.0 Å². The minimum atomic E-state index is -1.12. The van der Waals surface area contributed by atoms with Crippen LogP contribution in [0, 0.1) is 11.8 Å². The Labute approximate surface area is 205 Å². The molecule has 6 atom stereocenters. The Morgan fingerprint density at radius 2 is 2.00 bits per heavy atom. The van der Waals surface area contributed by atoms with Crippen LogP contribution >= 0.6 is 11.6 Å². The molecule has 1 aliphatic carbocycles. The summed E-state index contributed by atoms with van der Waals surface area (Å²) in [7, 11) is 0. The van der Waals surface area contributed by atoms with E-state index in [1.807, 2.05) is 26.0 Å². The third-order valence-corrected chi connectivity index (χ3v) is 8.21. The number of rotatable bonds is 6. The third-order valence-electron chi connectivity index (χ3n) is 7.97. The van der Waals surface area contributed by atoms with Crippen molar-refractivity contribution in [1.82, 2.24) is 10.2 Å². The predicted molar refractivity (Wildman–Crippen MR) is 129 cm³/mol. The number of anilines is 1. The van der Waals surface area contributed by atoms with E-state index in [9.17, 15) is 14.4 Å². The maximum absolute atomic E-state index is 13.8. The molecule has 2 saturated heterocycles. The molecule has 2 N–H and O–H groups in total. The Bertz CT molecular complexity index is 1020. The van der Waals surface area contributed by atoms with Crippen molar-refractivity contribution in [2.75, 3.05) is 5.32 Å². The number of benzene rings is 1. The monoisotopic (exact) mass is 485 g/mol. The molecule has 1 spiro atoms. The molecule has 8 heteroatoms. The van der Waals surface area contributed by atoms with E-state index in [0.717, 1.165) is 25.7 Å². The Balaban J connectivity index is 1.45. The van der Waals surface area contributed by atoms with Crippen molar-refractivity contribution in [2.45, 2.75) is 82.2 Å². The number of carbonyl (C=O) groups is 3. The summed E-state index contributed by atoms with van der Waals surface area (Å²) in [5.41, 5.74) is -0.561. The molecule has 3 fully saturated rings. The summed E-state index contributed by atoms with van der Waals surface area (Å²) in [6.45, 7) is 3.95. The van der Waals surface area contributed by atoms with E-state index in [1.54, 1.807) is 29.2 Å². The number of fused-ring (bicyclic) bond motifs is 1. The van der Waals surface area contributed by atoms with Crippen LogP contribution in [0.15, 0.2) is 36.4 Å². The van der Waals surface area contributed by atoms with Crippen LogP contribution in [-0.4, -0.2) is 52.5 Å². The van der Waals surface area contributed by atoms with Gasteiger partial charge in [0.1, 0.15) is 11.6 Å². The van der Waals surface area contributed by atoms with Gasteiger partial charge in [0.25, 0.3) is 0 Å². The fourth-order valence-electron chi connectivity index (χ4n) is 6.20. The largest absolute Gasteiger partial charge is 0.359 e. The molecule has 3 aliphatic heterocycles. The highest BCUT2D eigenvalue weighted by molar-refractivity contribution is 6.30. The molecular weight excluding hydrogens is 454 g/mol. The highest BCUT2D eigenvalue weighted by Crippen LogP contribution is 2.55. The van der Waals surface area contributed by atoms with Crippen molar-refractivity contribution in [1.29, 1.82) is 0 Å². The van der Waals surface area contributed by atoms with Crippen molar-refractivity contribution in [2.24, 2.45) is 11.8 Å². The number of likely N-dealkylation sites (tertiary alicyclic amines) is 1. The van der Waals surface area contributed by atoms with E-state index in [2.05, 4.69) is 10.6 Å². The molecule has 4 aliphatic rings. The van der Waals surface area contributed by atoms with Crippen LogP contribution in [0.4, 0.5) is 5.69 Å². The van der Waals surface area contributed by atoms with Gasteiger partial charge in [0, 0.05) is 22.8 Å². The van der Waals surface area contributed by atoms with Crippen LogP contribution < -0.4 is 10.6 Å². The molecule has 1 saturated carbocycles. The molecule has 0 radical (unpaired) electrons. The lowest BCUT2D eigenvalue weighted by atomic mass is 9.74. The SMILES string of the molecule is CCC(C)N1C(=O)[C@H]2C(C(=O)Nc3cccc(Cl)c3)[C@H]3C=CC2(O3)C1C(=O)NC1CCCCC1. The van der Waals surface area contributed by atoms with E-state index in [4.69, 9.17) is 16.3 Å². The van der Waals surface area contributed by atoms with Gasteiger partial charge in [0.15, 0.2) is 0 Å². The summed E-state index contributed by atoms with van der Waals surface area (Å²) >= 11 is 6.07. The van der Waals surface area contributed by atoms with Gasteiger partial charge >= 0.3 is 0 Å². The first kappa shape index (κ1) is 23.4. The highest BCUT2D eigenvalue weighted by Gasteiger charge is 2.73. The standard InChI is InChI=1S/C26H32ClN3O4/c1-3-15(2)30-22(24(32)28-17-9-5-4-6-10-17)26-13-12-19(34-26)20(21(26)25(30)33)23(31)29-18-11-7-8-16(27)14-18/h7-8,11-15,17,19-22H,3-6,9-10H2,1-2H3,(H,28,32)(H,29,31)/t15?,19-,20?,21-,22?,26?/m1/s1. The third kappa shape index (κ3) is 3.73. The lowest BCUT2D eigenvalue weighted by Gasteiger charge is -2.36. The van der Waals surface area contributed by atoms with E-state index in [0.29, 0.717) is 17.1 Å². The van der Waals surface area contributed by atoms with E-state index < -0.39 is 29.6 Å². The number of carbonyl (C=O) groups excluding carboxylic acids is 3. The summed E-state index contributed by atoms with van der Waals surface area (Å²) in [6.07, 6.45) is 9.15. The van der Waals surface area contributed by atoms with Gasteiger partial charge in [-0.15, -0.1) is 0 Å². The van der Waals surface area contributed by atoms with Crippen LogP contribution in [-0.2, 0) is 19.1 Å². The Hall–Kier alpha value is -2.38. The number of halogens is 1. The molecular formula is C26H32ClN3O4. The van der Waals surface area contributed by atoms with E-state index >= 15 is 0 Å². The molecule has 3 amide bonds. The lowest BCUT2D eigenvalue weighted by Crippen LogP contribution is -2.58. The minimum absolute atomic E-state index is 0.120. The van der Waals surface area contributed by atoms with Crippen LogP contribution in [0.5, 0.6) is 0 Å². The number of hydrogen-bond acceptors (Lipinski definition) is 4. The second kappa shape index (κ2) is 9.00. The van der Waals surface area contributed by atoms with Crippen molar-refractivity contribution in [3.8, 4) is 0 Å². The number of hydrogen-bond donors (Lipinski definition) is 2. The topological polar surface area (TPSA) is 87.7 Å². The summed E-state index contributed by atoms with van der Waals surface area (Å²) in [5.74, 6) is -2.11. The molecule has 3 heterocycles. The summed E-state index contributed by atoms with van der Waals surface area (Å²) in [4.78, 5) is 42.6. The first-order valence-corrected chi connectivity index (χ1v) is 12.8. The van der Waals surface area contributed by atoms with Crippen LogP contribution in [0.25, 0.3) is 0 Å². The quantitative estimate of drug-likeness (QED) is 0.602. The molecule has 1 aromatic carbocycles. The van der Waals surface area contributed by atoms with E-state index in [-0.39, 0.29) is 29.8 Å². The van der Waals surface area contributed by atoms with Crippen molar-refractivity contribution in [3.05, 3.63) is 41.4 Å². The molecule has 34 heavy (non-hydrogen) atoms. The van der Waals surface area contributed by atoms with Gasteiger partial charge in [-0.05, 0) is 44.4 Å². The van der Waals surface area contributed by atoms with Gasteiger partial charge < -0.3 is 20.3 Å². The van der Waals surface area contributed by atoms with E-state index in [1.165, 1.54) is 6.42 Å². The normalized spacial score (nSPS) is 33.1. The molecule has 2 bridgehead atoms. The van der Waals surface area contributed by atoms with Gasteiger partial charge in [-0.3, -0.25) is 14.4 Å². The highest BCUT2D eigenvalue weighted by atomic mass is 35.5. The average Bonchev–Trinajstić information content (AvgIpc) is 3.46. The first-order valence-electron chi connectivity index (χ1n) is 12.4. The van der Waals surface area contributed by atoms with Crippen LogP contribution in [0.3, 0.4) is 0 Å². The second-order valence-electron chi connectivity index (χ2n) is 10.0. The summed E-state index contributed by atoms with van der Waals surface area (Å²) < 4.78 is 6.38. The average molecular weight is 486 g/mol. The molecule has 7 nitrogen and oxygen atoms in total. The second-order valence-corrected chi connectivity index (χ2v) is 10.5. The maximum Gasteiger partial charge on any atom is 0.246 e. The van der Waals surface area contributed by atoms with Crippen LogP contribution in [0.1, 0.15) is 52.4 Å². The molecule has 1 aromatic rings. The Kier molecular flexibility index (Phi) is 6.19.